The summed E-state index contributed by atoms with van der Waals surface area (Å²) in [5.41, 5.74) is 5.65. The van der Waals surface area contributed by atoms with Gasteiger partial charge in [-0.2, -0.15) is 16.7 Å². The fraction of sp³-hybridized carbons (Fsp3) is 0.778. The maximum absolute atomic E-state index is 5.65. The van der Waals surface area contributed by atoms with Gasteiger partial charge < -0.3 is 10.3 Å². The molecular formula is C9H15N3OS. The first-order valence-corrected chi connectivity index (χ1v) is 6.03. The number of aromatic nitrogens is 2. The van der Waals surface area contributed by atoms with Crippen molar-refractivity contribution in [3.8, 4) is 0 Å². The molecular weight excluding hydrogens is 198 g/mol. The SMILES string of the molecule is C[C@@H](N)c1nc(C2CCCCS2)no1. The molecule has 0 radical (unpaired) electrons. The Labute approximate surface area is 87.6 Å². The number of nitrogens with two attached hydrogens (primary N) is 1. The second-order valence-electron chi connectivity index (χ2n) is 3.63. The summed E-state index contributed by atoms with van der Waals surface area (Å²) in [5.74, 6) is 2.57. The second-order valence-corrected chi connectivity index (χ2v) is 4.95. The molecule has 1 unspecified atom stereocenters. The first-order chi connectivity index (χ1) is 6.77. The van der Waals surface area contributed by atoms with Gasteiger partial charge in [0.05, 0.1) is 11.3 Å². The lowest BCUT2D eigenvalue weighted by Gasteiger charge is -2.17. The van der Waals surface area contributed by atoms with Gasteiger partial charge in [-0.1, -0.05) is 11.6 Å². The summed E-state index contributed by atoms with van der Waals surface area (Å²) < 4.78 is 5.08. The van der Waals surface area contributed by atoms with Gasteiger partial charge >= 0.3 is 0 Å². The number of thioether (sulfide) groups is 1. The monoisotopic (exact) mass is 213 g/mol. The second kappa shape index (κ2) is 4.31. The third-order valence-corrected chi connectivity index (χ3v) is 3.69. The summed E-state index contributed by atoms with van der Waals surface area (Å²) in [6, 6.07) is -0.162. The predicted octanol–water partition coefficient (Wildman–Crippen LogP) is 2.05. The van der Waals surface area contributed by atoms with Gasteiger partial charge in [0, 0.05) is 0 Å². The smallest absolute Gasteiger partial charge is 0.243 e. The predicted molar refractivity (Wildman–Crippen MR) is 56.0 cm³/mol. The Morgan fingerprint density at radius 2 is 2.43 bits per heavy atom. The number of rotatable bonds is 2. The third-order valence-electron chi connectivity index (χ3n) is 2.31. The Morgan fingerprint density at radius 1 is 1.57 bits per heavy atom. The van der Waals surface area contributed by atoms with Crippen molar-refractivity contribution in [3.05, 3.63) is 11.7 Å². The Balaban J connectivity index is 2.07. The summed E-state index contributed by atoms with van der Waals surface area (Å²) in [4.78, 5) is 4.31. The first-order valence-electron chi connectivity index (χ1n) is 4.98. The van der Waals surface area contributed by atoms with Gasteiger partial charge in [0.2, 0.25) is 5.89 Å². The molecule has 0 spiro atoms. The van der Waals surface area contributed by atoms with E-state index in [0.29, 0.717) is 11.1 Å². The standard InChI is InChI=1S/C9H15N3OS/c1-6(10)9-11-8(12-13-9)7-4-2-3-5-14-7/h6-7H,2-5,10H2,1H3/t6-,7?/m1/s1. The number of hydrogen-bond acceptors (Lipinski definition) is 5. The van der Waals surface area contributed by atoms with Crippen LogP contribution >= 0.6 is 11.8 Å². The van der Waals surface area contributed by atoms with Gasteiger partial charge in [0.15, 0.2) is 5.82 Å². The Kier molecular flexibility index (Phi) is 3.08. The summed E-state index contributed by atoms with van der Waals surface area (Å²) in [7, 11) is 0. The van der Waals surface area contributed by atoms with Crippen LogP contribution in [0.15, 0.2) is 4.52 Å². The van der Waals surface area contributed by atoms with E-state index < -0.39 is 0 Å². The summed E-state index contributed by atoms with van der Waals surface area (Å²) in [6.07, 6.45) is 3.72. The van der Waals surface area contributed by atoms with Crippen molar-refractivity contribution in [1.29, 1.82) is 0 Å². The van der Waals surface area contributed by atoms with Gasteiger partial charge in [0.25, 0.3) is 0 Å². The fourth-order valence-corrected chi connectivity index (χ4v) is 2.74. The normalized spacial score (nSPS) is 24.9. The lowest BCUT2D eigenvalue weighted by Crippen LogP contribution is -2.07. The molecule has 1 aromatic heterocycles. The zero-order valence-electron chi connectivity index (χ0n) is 8.27. The van der Waals surface area contributed by atoms with Gasteiger partial charge in [-0.25, -0.2) is 0 Å². The molecule has 0 aliphatic carbocycles. The zero-order chi connectivity index (χ0) is 9.97. The molecule has 2 N–H and O–H groups in total. The number of nitrogens with zero attached hydrogens (tertiary/aromatic N) is 2. The van der Waals surface area contributed by atoms with E-state index in [1.54, 1.807) is 0 Å². The first kappa shape index (κ1) is 9.98. The highest BCUT2D eigenvalue weighted by Crippen LogP contribution is 2.36. The molecule has 1 fully saturated rings. The molecule has 1 saturated heterocycles. The van der Waals surface area contributed by atoms with Crippen LogP contribution in [0.3, 0.4) is 0 Å². The Morgan fingerprint density at radius 3 is 3.00 bits per heavy atom. The molecule has 2 rings (SSSR count). The van der Waals surface area contributed by atoms with Gasteiger partial charge in [0.1, 0.15) is 0 Å². The van der Waals surface area contributed by atoms with Crippen LogP contribution in [-0.4, -0.2) is 15.9 Å². The molecule has 1 aliphatic rings. The molecule has 2 atom stereocenters. The van der Waals surface area contributed by atoms with Crippen molar-refractivity contribution < 1.29 is 4.52 Å². The lowest BCUT2D eigenvalue weighted by atomic mass is 10.2. The van der Waals surface area contributed by atoms with Crippen LogP contribution in [0.25, 0.3) is 0 Å². The highest BCUT2D eigenvalue weighted by Gasteiger charge is 2.22. The zero-order valence-corrected chi connectivity index (χ0v) is 9.09. The van der Waals surface area contributed by atoms with Crippen LogP contribution in [0.4, 0.5) is 0 Å². The van der Waals surface area contributed by atoms with Crippen molar-refractivity contribution >= 4 is 11.8 Å². The molecule has 14 heavy (non-hydrogen) atoms. The van der Waals surface area contributed by atoms with Gasteiger partial charge in [-0.3, -0.25) is 0 Å². The van der Waals surface area contributed by atoms with Crippen molar-refractivity contribution in [2.45, 2.75) is 37.5 Å². The molecule has 5 heteroatoms. The fourth-order valence-electron chi connectivity index (χ4n) is 1.51. The molecule has 1 aromatic rings. The van der Waals surface area contributed by atoms with Gasteiger partial charge in [-0.15, -0.1) is 0 Å². The largest absolute Gasteiger partial charge is 0.338 e. The average molecular weight is 213 g/mol. The molecule has 0 amide bonds. The molecule has 78 valence electrons. The quantitative estimate of drug-likeness (QED) is 0.814. The van der Waals surface area contributed by atoms with Gasteiger partial charge in [-0.05, 0) is 25.5 Å². The summed E-state index contributed by atoms with van der Waals surface area (Å²) in [6.45, 7) is 1.85. The average Bonchev–Trinajstić information content (AvgIpc) is 2.68. The maximum Gasteiger partial charge on any atom is 0.243 e. The summed E-state index contributed by atoms with van der Waals surface area (Å²) >= 11 is 1.92. The Hall–Kier alpha value is -0.550. The van der Waals surface area contributed by atoms with E-state index in [2.05, 4.69) is 10.1 Å². The van der Waals surface area contributed by atoms with E-state index in [9.17, 15) is 0 Å². The van der Waals surface area contributed by atoms with E-state index in [0.717, 1.165) is 12.2 Å². The minimum atomic E-state index is -0.162. The summed E-state index contributed by atoms with van der Waals surface area (Å²) in [5, 5.41) is 4.39. The minimum absolute atomic E-state index is 0.162. The van der Waals surface area contributed by atoms with E-state index in [4.69, 9.17) is 10.3 Å². The molecule has 0 saturated carbocycles. The molecule has 4 nitrogen and oxygen atoms in total. The third kappa shape index (κ3) is 2.09. The van der Waals surface area contributed by atoms with Crippen molar-refractivity contribution in [3.63, 3.8) is 0 Å². The molecule has 0 aromatic carbocycles. The van der Waals surface area contributed by atoms with E-state index in [-0.39, 0.29) is 6.04 Å². The van der Waals surface area contributed by atoms with E-state index in [1.165, 1.54) is 18.6 Å². The van der Waals surface area contributed by atoms with Crippen molar-refractivity contribution in [2.24, 2.45) is 5.73 Å². The van der Waals surface area contributed by atoms with Crippen LogP contribution < -0.4 is 5.73 Å². The van der Waals surface area contributed by atoms with E-state index >= 15 is 0 Å². The lowest BCUT2D eigenvalue weighted by molar-refractivity contribution is 0.356. The highest BCUT2D eigenvalue weighted by molar-refractivity contribution is 7.99. The minimum Gasteiger partial charge on any atom is -0.338 e. The molecule has 1 aliphatic heterocycles. The molecule has 2 heterocycles. The van der Waals surface area contributed by atoms with Crippen LogP contribution in [-0.2, 0) is 0 Å². The number of hydrogen-bond donors (Lipinski definition) is 1. The highest BCUT2D eigenvalue weighted by atomic mass is 32.2. The topological polar surface area (TPSA) is 64.9 Å². The Bertz CT molecular complexity index is 294. The van der Waals surface area contributed by atoms with E-state index in [1.807, 2.05) is 18.7 Å². The maximum atomic E-state index is 5.65. The van der Waals surface area contributed by atoms with Crippen molar-refractivity contribution in [2.75, 3.05) is 5.75 Å². The van der Waals surface area contributed by atoms with Crippen molar-refractivity contribution in [1.82, 2.24) is 10.1 Å². The molecule has 0 bridgehead atoms. The van der Waals surface area contributed by atoms with Crippen LogP contribution in [0.1, 0.15) is 49.2 Å². The van der Waals surface area contributed by atoms with Crippen LogP contribution in [0, 0.1) is 0 Å². The van der Waals surface area contributed by atoms with Crippen LogP contribution in [0.5, 0.6) is 0 Å². The van der Waals surface area contributed by atoms with Crippen LogP contribution in [0.2, 0.25) is 0 Å².